The molecule has 69 heavy (non-hydrogen) atoms. The van der Waals surface area contributed by atoms with Gasteiger partial charge < -0.3 is 69.0 Å². The van der Waals surface area contributed by atoms with Gasteiger partial charge in [-0.05, 0) is 80.1 Å². The van der Waals surface area contributed by atoms with Crippen LogP contribution in [0.25, 0.3) is 10.9 Å². The SMILES string of the molecule is CC(C)(N)C(=O)N[C@@H](CC(=O)O)C(=O)N[C@@H](Cc1c[nH]c2ccccc12)C(=O)N[C@@H](CCC(N)=O)C(=O)N[C@@H](Cc1ccc(O)cc1)C(=O)N[C@@H](Cc1ccc(O)cc1)C(=O)N1CCC[C@H]1C(N)=O. The van der Waals surface area contributed by atoms with Crippen molar-refractivity contribution in [2.75, 3.05) is 6.54 Å². The van der Waals surface area contributed by atoms with Crippen molar-refractivity contribution in [3.63, 3.8) is 0 Å². The molecule has 1 aromatic heterocycles. The summed E-state index contributed by atoms with van der Waals surface area (Å²) in [6.07, 6.45) is 0.00823. The summed E-state index contributed by atoms with van der Waals surface area (Å²) in [5.74, 6) is -8.66. The molecule has 0 aliphatic carbocycles. The van der Waals surface area contributed by atoms with Crippen LogP contribution >= 0.6 is 0 Å². The van der Waals surface area contributed by atoms with E-state index in [4.69, 9.17) is 17.2 Å². The van der Waals surface area contributed by atoms with Crippen LogP contribution < -0.4 is 43.8 Å². The van der Waals surface area contributed by atoms with Crippen molar-refractivity contribution in [3.05, 3.63) is 95.7 Å². The molecular weight excluding hydrogens is 897 g/mol. The minimum absolute atomic E-state index is 0.0529. The number of nitrogens with two attached hydrogens (primary N) is 3. The van der Waals surface area contributed by atoms with E-state index in [1.54, 1.807) is 30.5 Å². The molecule has 1 saturated heterocycles. The fraction of sp³-hybridized carbons (Fsp3) is 0.383. The molecule has 2 heterocycles. The number of carboxylic acid groups (broad SMARTS) is 1. The first-order valence-electron chi connectivity index (χ1n) is 22.1. The number of carbonyl (C=O) groups is 9. The van der Waals surface area contributed by atoms with Gasteiger partial charge in [0.05, 0.1) is 12.0 Å². The Morgan fingerprint density at radius 1 is 0.696 bits per heavy atom. The number of nitrogens with one attached hydrogen (secondary N) is 6. The van der Waals surface area contributed by atoms with Crippen LogP contribution in [0, 0.1) is 0 Å². The summed E-state index contributed by atoms with van der Waals surface area (Å²) in [6.45, 7) is 2.85. The van der Waals surface area contributed by atoms with Crippen LogP contribution in [0.4, 0.5) is 0 Å². The van der Waals surface area contributed by atoms with E-state index >= 15 is 0 Å². The molecule has 0 spiro atoms. The molecule has 22 heteroatoms. The molecule has 368 valence electrons. The van der Waals surface area contributed by atoms with Crippen molar-refractivity contribution >= 4 is 64.1 Å². The van der Waals surface area contributed by atoms with Crippen molar-refractivity contribution in [3.8, 4) is 11.5 Å². The molecular formula is C47H58N10O12. The number of aliphatic carboxylic acids is 1. The van der Waals surface area contributed by atoms with E-state index in [0.717, 1.165) is 0 Å². The number of hydrogen-bond acceptors (Lipinski definition) is 12. The summed E-state index contributed by atoms with van der Waals surface area (Å²) >= 11 is 0. The number of aromatic hydroxyl groups is 2. The van der Waals surface area contributed by atoms with Gasteiger partial charge in [0.25, 0.3) is 0 Å². The molecule has 0 saturated carbocycles. The monoisotopic (exact) mass is 954 g/mol. The highest BCUT2D eigenvalue weighted by Crippen LogP contribution is 2.22. The molecule has 0 unspecified atom stereocenters. The number of carbonyl (C=O) groups excluding carboxylic acids is 8. The van der Waals surface area contributed by atoms with Crippen LogP contribution in [0.1, 0.15) is 62.6 Å². The minimum Gasteiger partial charge on any atom is -0.508 e. The third-order valence-corrected chi connectivity index (χ3v) is 11.5. The molecule has 5 rings (SSSR count). The maximum absolute atomic E-state index is 14.5. The molecule has 1 fully saturated rings. The van der Waals surface area contributed by atoms with Crippen molar-refractivity contribution in [2.24, 2.45) is 17.2 Å². The van der Waals surface area contributed by atoms with Crippen LogP contribution in [0.2, 0.25) is 0 Å². The quantitative estimate of drug-likeness (QED) is 0.0425. The van der Waals surface area contributed by atoms with Crippen LogP contribution in [-0.4, -0.2) is 127 Å². The maximum Gasteiger partial charge on any atom is 0.305 e. The zero-order valence-corrected chi connectivity index (χ0v) is 38.0. The Hall–Kier alpha value is -8.01. The fourth-order valence-electron chi connectivity index (χ4n) is 7.77. The second-order valence-electron chi connectivity index (χ2n) is 17.5. The van der Waals surface area contributed by atoms with Gasteiger partial charge in [-0.3, -0.25) is 43.2 Å². The molecule has 15 N–H and O–H groups in total. The third-order valence-electron chi connectivity index (χ3n) is 11.5. The standard InChI is InChI=1S/C47H58N10O12/c1-47(2,50)46(69)56-35(23-39(61)62)44(67)54-34(22-27-24-51-31-7-4-3-6-30(27)31)43(66)52-32(17-18-38(48)60)41(64)53-33(20-25-9-13-28(58)14-10-25)42(65)55-36(21-26-11-15-29(59)16-12-26)45(68)57-19-5-8-37(57)40(49)63/h3-4,6-7,9-16,24,32-37,51,58-59H,5,8,17-23,50H2,1-2H3,(H2,48,60)(H2,49,63)(H,52,66)(H,53,64)(H,54,67)(H,55,65)(H,56,69)(H,61,62)/t32-,33-,34-,35-,36-,37-/m0/s1. The number of benzene rings is 3. The summed E-state index contributed by atoms with van der Waals surface area (Å²) in [4.78, 5) is 125. The topological polar surface area (TPSA) is 372 Å². The fourth-order valence-corrected chi connectivity index (χ4v) is 7.77. The first kappa shape index (κ1) is 52.0. The number of nitrogens with zero attached hydrogens (tertiary/aromatic N) is 1. The lowest BCUT2D eigenvalue weighted by molar-refractivity contribution is -0.141. The molecule has 1 aliphatic heterocycles. The number of fused-ring (bicyclic) bond motifs is 1. The largest absolute Gasteiger partial charge is 0.508 e. The summed E-state index contributed by atoms with van der Waals surface area (Å²) < 4.78 is 0. The molecule has 3 aromatic carbocycles. The number of amides is 8. The van der Waals surface area contributed by atoms with E-state index in [1.165, 1.54) is 67.3 Å². The Morgan fingerprint density at radius 3 is 1.75 bits per heavy atom. The van der Waals surface area contributed by atoms with Gasteiger partial charge in [-0.2, -0.15) is 0 Å². The van der Waals surface area contributed by atoms with E-state index in [-0.39, 0.29) is 37.3 Å². The summed E-state index contributed by atoms with van der Waals surface area (Å²) in [7, 11) is 0. The van der Waals surface area contributed by atoms with Crippen molar-refractivity contribution in [2.45, 2.75) is 107 Å². The Bertz CT molecular complexity index is 2540. The molecule has 0 radical (unpaired) electrons. The number of phenolic OH excluding ortho intramolecular Hbond substituents is 2. The van der Waals surface area contributed by atoms with Crippen LogP contribution in [-0.2, 0) is 62.4 Å². The number of aromatic amines is 1. The number of hydrogen-bond donors (Lipinski definition) is 12. The lowest BCUT2D eigenvalue weighted by Gasteiger charge is -2.30. The first-order chi connectivity index (χ1) is 32.6. The first-order valence-corrected chi connectivity index (χ1v) is 22.1. The second-order valence-corrected chi connectivity index (χ2v) is 17.5. The molecule has 22 nitrogen and oxygen atoms in total. The average Bonchev–Trinajstić information content (AvgIpc) is 3.95. The zero-order chi connectivity index (χ0) is 50.6. The normalized spacial score (nSPS) is 15.7. The van der Waals surface area contributed by atoms with Gasteiger partial charge in [-0.1, -0.05) is 42.5 Å². The molecule has 4 aromatic rings. The number of rotatable bonds is 23. The zero-order valence-electron chi connectivity index (χ0n) is 38.0. The maximum atomic E-state index is 14.5. The predicted octanol–water partition coefficient (Wildman–Crippen LogP) is -1.02. The van der Waals surface area contributed by atoms with Gasteiger partial charge in [-0.15, -0.1) is 0 Å². The highest BCUT2D eigenvalue weighted by atomic mass is 16.4. The van der Waals surface area contributed by atoms with Crippen LogP contribution in [0.15, 0.2) is 79.0 Å². The number of likely N-dealkylation sites (tertiary alicyclic amines) is 1. The molecule has 1 aliphatic rings. The Balaban J connectivity index is 1.47. The van der Waals surface area contributed by atoms with Gasteiger partial charge in [0.15, 0.2) is 0 Å². The molecule has 6 atom stereocenters. The highest BCUT2D eigenvalue weighted by molar-refractivity contribution is 5.99. The van der Waals surface area contributed by atoms with E-state index in [2.05, 4.69) is 31.6 Å². The number of carboxylic acids is 1. The van der Waals surface area contributed by atoms with E-state index in [0.29, 0.717) is 40.4 Å². The number of H-pyrrole nitrogens is 1. The Kier molecular flexibility index (Phi) is 17.4. The summed E-state index contributed by atoms with van der Waals surface area (Å²) in [5.41, 5.74) is 17.6. The van der Waals surface area contributed by atoms with E-state index < -0.39 is 114 Å². The average molecular weight is 955 g/mol. The number of aromatic nitrogens is 1. The third kappa shape index (κ3) is 14.7. The van der Waals surface area contributed by atoms with Crippen LogP contribution in [0.3, 0.4) is 0 Å². The minimum atomic E-state index is -1.71. The van der Waals surface area contributed by atoms with Crippen molar-refractivity contribution < 1.29 is 58.5 Å². The van der Waals surface area contributed by atoms with E-state index in [1.807, 2.05) is 0 Å². The number of primary amides is 2. The summed E-state index contributed by atoms with van der Waals surface area (Å²) in [5, 5.41) is 42.9. The highest BCUT2D eigenvalue weighted by Gasteiger charge is 2.39. The smallest absolute Gasteiger partial charge is 0.305 e. The number of para-hydroxylation sites is 1. The molecule has 8 amide bonds. The van der Waals surface area contributed by atoms with Crippen molar-refractivity contribution in [1.29, 1.82) is 0 Å². The summed E-state index contributed by atoms with van der Waals surface area (Å²) in [6, 6.07) is 9.89. The molecule has 0 bridgehead atoms. The lowest BCUT2D eigenvalue weighted by atomic mass is 10.0. The Labute approximate surface area is 396 Å². The predicted molar refractivity (Wildman–Crippen MR) is 248 cm³/mol. The van der Waals surface area contributed by atoms with Gasteiger partial charge in [0.1, 0.15) is 47.8 Å². The van der Waals surface area contributed by atoms with Gasteiger partial charge >= 0.3 is 5.97 Å². The van der Waals surface area contributed by atoms with Crippen LogP contribution in [0.5, 0.6) is 11.5 Å². The lowest BCUT2D eigenvalue weighted by Crippen LogP contribution is -2.61. The van der Waals surface area contributed by atoms with Crippen molar-refractivity contribution in [1.82, 2.24) is 36.5 Å². The number of phenols is 2. The van der Waals surface area contributed by atoms with E-state index in [9.17, 15) is 58.5 Å². The van der Waals surface area contributed by atoms with Gasteiger partial charge in [0, 0.05) is 49.3 Å². The van der Waals surface area contributed by atoms with Gasteiger partial charge in [-0.25, -0.2) is 0 Å². The Morgan fingerprint density at radius 2 is 1.20 bits per heavy atom. The second kappa shape index (κ2) is 23.1. The van der Waals surface area contributed by atoms with Gasteiger partial charge in [0.2, 0.25) is 47.3 Å².